The van der Waals surface area contributed by atoms with Crippen LogP contribution in [-0.2, 0) is 30.3 Å². The van der Waals surface area contributed by atoms with Crippen molar-refractivity contribution < 1.29 is 45.0 Å². The molecule has 0 spiro atoms. The van der Waals surface area contributed by atoms with Crippen molar-refractivity contribution in [1.29, 1.82) is 0 Å². The van der Waals surface area contributed by atoms with Gasteiger partial charge in [-0.1, -0.05) is 0 Å². The van der Waals surface area contributed by atoms with E-state index in [1.165, 1.54) is 90.0 Å². The number of unbranched alkanes of at least 4 members (excludes halogenated alkanes) is 9. The van der Waals surface area contributed by atoms with E-state index in [1.54, 1.807) is 3.98 Å². The zero-order chi connectivity index (χ0) is 14.3. The Balaban J connectivity index is 0. The minimum atomic E-state index is -4.64. The third kappa shape index (κ3) is 36.0. The van der Waals surface area contributed by atoms with Crippen molar-refractivity contribution in [3.8, 4) is 0 Å². The van der Waals surface area contributed by atoms with Crippen LogP contribution in [0.5, 0.6) is 0 Å². The number of hydrogen-bond acceptors (Lipinski definition) is 1. The Kier molecular flexibility index (Phi) is 19.1. The standard InChI is InChI=1S/C12H25.Cd.H3O4P/c1-3-5-7-9-11-12-10-8-6-4-2;;1-5(2,3)4/h1,3-12H2,2H3;;(H3,1,2,3,4). The largest absolute Gasteiger partial charge is 0.466 e. The molecule has 0 aromatic carbocycles. The van der Waals surface area contributed by atoms with Crippen LogP contribution in [-0.4, -0.2) is 14.7 Å². The van der Waals surface area contributed by atoms with Gasteiger partial charge in [0.25, 0.3) is 0 Å². The maximum atomic E-state index is 8.88. The number of phosphoric acid groups is 1. The molecule has 0 aliphatic rings. The quantitative estimate of drug-likeness (QED) is 0.305. The summed E-state index contributed by atoms with van der Waals surface area (Å²) in [5.41, 5.74) is 0. The summed E-state index contributed by atoms with van der Waals surface area (Å²) in [6.07, 6.45) is 14.8. The van der Waals surface area contributed by atoms with Gasteiger partial charge in [-0.15, -0.1) is 0 Å². The maximum absolute atomic E-state index is 8.88. The number of rotatable bonds is 10. The first kappa shape index (κ1) is 21.3. The van der Waals surface area contributed by atoms with Gasteiger partial charge in [0.1, 0.15) is 0 Å². The normalized spacial score (nSPS) is 11.0. The van der Waals surface area contributed by atoms with E-state index >= 15 is 0 Å². The molecular weight excluding hydrogens is 352 g/mol. The summed E-state index contributed by atoms with van der Waals surface area (Å²) in [5, 5.41) is 0. The predicted molar refractivity (Wildman–Crippen MR) is 70.9 cm³/mol. The predicted octanol–water partition coefficient (Wildman–Crippen LogP) is 3.94. The molecule has 0 unspecified atom stereocenters. The molecule has 0 heterocycles. The molecule has 18 heavy (non-hydrogen) atoms. The van der Waals surface area contributed by atoms with Crippen LogP contribution in [0, 0.1) is 0 Å². The third-order valence-electron chi connectivity index (χ3n) is 2.60. The first-order valence-corrected chi connectivity index (χ1v) is 11.4. The molecule has 0 saturated carbocycles. The van der Waals surface area contributed by atoms with Crippen molar-refractivity contribution in [3.63, 3.8) is 0 Å². The van der Waals surface area contributed by atoms with E-state index in [0.29, 0.717) is 0 Å². The van der Waals surface area contributed by atoms with Crippen LogP contribution >= 0.6 is 7.82 Å². The smallest absolute Gasteiger partial charge is 0.303 e. The fraction of sp³-hybridized carbons (Fsp3) is 1.00. The summed E-state index contributed by atoms with van der Waals surface area (Å²) in [7, 11) is -4.64. The second-order valence-corrected chi connectivity index (χ2v) is 7.59. The first-order valence-electron chi connectivity index (χ1n) is 6.99. The van der Waals surface area contributed by atoms with E-state index in [2.05, 4.69) is 6.92 Å². The molecule has 6 heteroatoms. The topological polar surface area (TPSA) is 77.8 Å². The molecule has 0 atom stereocenters. The second-order valence-electron chi connectivity index (χ2n) is 4.55. The number of hydrogen-bond donors (Lipinski definition) is 3. The minimum absolute atomic E-state index is 1.21. The molecule has 0 aromatic heterocycles. The van der Waals surface area contributed by atoms with Gasteiger partial charge in [0.2, 0.25) is 0 Å². The molecule has 0 aliphatic carbocycles. The van der Waals surface area contributed by atoms with Crippen molar-refractivity contribution in [2.75, 3.05) is 0 Å². The minimum Gasteiger partial charge on any atom is -0.303 e. The Labute approximate surface area is 127 Å². The fourth-order valence-electron chi connectivity index (χ4n) is 1.66. The Morgan fingerprint density at radius 1 is 0.778 bits per heavy atom. The van der Waals surface area contributed by atoms with Gasteiger partial charge >= 0.3 is 109 Å². The third-order valence-corrected chi connectivity index (χ3v) is 4.03. The van der Waals surface area contributed by atoms with E-state index in [4.69, 9.17) is 19.2 Å². The summed E-state index contributed by atoms with van der Waals surface area (Å²) in [4.78, 5) is 21.6. The molecule has 107 valence electrons. The van der Waals surface area contributed by atoms with E-state index in [-0.39, 0.29) is 0 Å². The Hall–Kier alpha value is 1.03. The van der Waals surface area contributed by atoms with Gasteiger partial charge in [-0.05, 0) is 0 Å². The Bertz CT molecular complexity index is 178. The van der Waals surface area contributed by atoms with Crippen LogP contribution in [0.2, 0.25) is 3.98 Å². The van der Waals surface area contributed by atoms with Crippen LogP contribution in [0.15, 0.2) is 0 Å². The van der Waals surface area contributed by atoms with E-state index in [1.807, 2.05) is 0 Å². The van der Waals surface area contributed by atoms with Gasteiger partial charge in [0.15, 0.2) is 0 Å². The van der Waals surface area contributed by atoms with Crippen molar-refractivity contribution >= 4 is 7.82 Å². The van der Waals surface area contributed by atoms with Crippen LogP contribution in [0.4, 0.5) is 0 Å². The van der Waals surface area contributed by atoms with Gasteiger partial charge < -0.3 is 14.7 Å². The summed E-state index contributed by atoms with van der Waals surface area (Å²) in [6.45, 7) is 2.29. The molecule has 0 aliphatic heterocycles. The average molecular weight is 380 g/mol. The van der Waals surface area contributed by atoms with Gasteiger partial charge in [-0.2, -0.15) is 0 Å². The summed E-state index contributed by atoms with van der Waals surface area (Å²) in [6, 6.07) is 0. The summed E-state index contributed by atoms with van der Waals surface area (Å²) < 4.78 is 10.4. The molecule has 0 radical (unpaired) electrons. The van der Waals surface area contributed by atoms with Gasteiger partial charge in [-0.3, -0.25) is 0 Å². The molecular formula is C12H28CdO4P. The van der Waals surface area contributed by atoms with Gasteiger partial charge in [0, 0.05) is 0 Å². The fourth-order valence-corrected chi connectivity index (χ4v) is 2.67. The maximum Gasteiger partial charge on any atom is 0.466 e. The first-order chi connectivity index (χ1) is 8.41. The summed E-state index contributed by atoms with van der Waals surface area (Å²) >= 11 is 1.21. The summed E-state index contributed by atoms with van der Waals surface area (Å²) in [5.74, 6) is 0. The molecule has 0 amide bonds. The van der Waals surface area contributed by atoms with Crippen LogP contribution in [0.1, 0.15) is 71.1 Å². The zero-order valence-electron chi connectivity index (χ0n) is 11.7. The molecule has 0 fully saturated rings. The van der Waals surface area contributed by atoms with Crippen molar-refractivity contribution in [2.45, 2.75) is 75.1 Å². The SMILES string of the molecule is CCCCCCCCCCC[CH2][Cd].O=P(O)(O)O. The van der Waals surface area contributed by atoms with Crippen LogP contribution < -0.4 is 0 Å². The van der Waals surface area contributed by atoms with Gasteiger partial charge in [0.05, 0.1) is 0 Å². The molecule has 3 N–H and O–H groups in total. The van der Waals surface area contributed by atoms with Crippen molar-refractivity contribution in [2.24, 2.45) is 0 Å². The van der Waals surface area contributed by atoms with E-state index < -0.39 is 7.82 Å². The van der Waals surface area contributed by atoms with Gasteiger partial charge in [-0.25, -0.2) is 4.57 Å². The van der Waals surface area contributed by atoms with Crippen LogP contribution in [0.25, 0.3) is 0 Å². The second kappa shape index (κ2) is 16.1. The monoisotopic (exact) mass is 381 g/mol. The molecule has 0 aromatic rings. The van der Waals surface area contributed by atoms with Crippen LogP contribution in [0.3, 0.4) is 0 Å². The van der Waals surface area contributed by atoms with E-state index in [9.17, 15) is 0 Å². The molecule has 0 bridgehead atoms. The molecule has 4 nitrogen and oxygen atoms in total. The molecule has 0 rings (SSSR count). The zero-order valence-corrected chi connectivity index (χ0v) is 16.6. The Morgan fingerprint density at radius 3 is 1.33 bits per heavy atom. The average Bonchev–Trinajstić information content (AvgIpc) is 2.25. The Morgan fingerprint density at radius 2 is 1.06 bits per heavy atom. The molecule has 0 saturated heterocycles. The van der Waals surface area contributed by atoms with E-state index in [0.717, 1.165) is 0 Å². The van der Waals surface area contributed by atoms with Crippen molar-refractivity contribution in [1.82, 2.24) is 0 Å². The van der Waals surface area contributed by atoms with Crippen molar-refractivity contribution in [3.05, 3.63) is 0 Å².